The van der Waals surface area contributed by atoms with Crippen LogP contribution in [0.25, 0.3) is 0 Å². The summed E-state index contributed by atoms with van der Waals surface area (Å²) in [5.74, 6) is 0.174. The van der Waals surface area contributed by atoms with E-state index in [0.717, 1.165) is 50.2 Å². The van der Waals surface area contributed by atoms with Gasteiger partial charge in [0.15, 0.2) is 0 Å². The summed E-state index contributed by atoms with van der Waals surface area (Å²) in [6.45, 7) is 5.90. The zero-order chi connectivity index (χ0) is 16.1. The Morgan fingerprint density at radius 1 is 1.27 bits per heavy atom. The van der Waals surface area contributed by atoms with E-state index < -0.39 is 0 Å². The summed E-state index contributed by atoms with van der Waals surface area (Å²) >= 11 is 0. The Kier molecular flexibility index (Phi) is 5.57. The lowest BCUT2D eigenvalue weighted by Crippen LogP contribution is -2.34. The fourth-order valence-corrected chi connectivity index (χ4v) is 2.94. The highest BCUT2D eigenvalue weighted by Crippen LogP contribution is 2.12. The molecule has 1 aromatic rings. The van der Waals surface area contributed by atoms with Crippen molar-refractivity contribution in [2.75, 3.05) is 19.6 Å². The molecule has 0 unspecified atom stereocenters. The molecule has 0 aliphatic carbocycles. The molecule has 1 aliphatic heterocycles. The molecule has 1 aromatic heterocycles. The third-order valence-corrected chi connectivity index (χ3v) is 4.30. The van der Waals surface area contributed by atoms with Gasteiger partial charge in [0.2, 0.25) is 5.91 Å². The Bertz CT molecular complexity index is 551. The molecule has 1 aliphatic rings. The highest BCUT2D eigenvalue weighted by Gasteiger charge is 2.18. The van der Waals surface area contributed by atoms with Gasteiger partial charge in [0.25, 0.3) is 5.91 Å². The van der Waals surface area contributed by atoms with Crippen LogP contribution < -0.4 is 5.32 Å². The monoisotopic (exact) mass is 306 g/mol. The summed E-state index contributed by atoms with van der Waals surface area (Å²) in [6.07, 6.45) is 4.69. The maximum atomic E-state index is 12.2. The zero-order valence-electron chi connectivity index (χ0n) is 13.8. The maximum Gasteiger partial charge on any atom is 0.255 e. The molecule has 122 valence electrons. The van der Waals surface area contributed by atoms with Crippen LogP contribution in [0.1, 0.15) is 53.8 Å². The standard InChI is InChI=1S/C16H26N4O2/c1-12-15(13(2)19(3)18-12)16(22)17-9-7-11-20-10-6-4-5-8-14(20)21/h4-11H2,1-3H3,(H,17,22). The molecule has 2 amide bonds. The number of likely N-dealkylation sites (tertiary alicyclic amines) is 1. The van der Waals surface area contributed by atoms with Crippen LogP contribution >= 0.6 is 0 Å². The second kappa shape index (κ2) is 7.42. The molecule has 6 nitrogen and oxygen atoms in total. The number of hydrogen-bond acceptors (Lipinski definition) is 3. The van der Waals surface area contributed by atoms with E-state index in [0.29, 0.717) is 18.5 Å². The van der Waals surface area contributed by atoms with Crippen molar-refractivity contribution in [3.63, 3.8) is 0 Å². The Morgan fingerprint density at radius 2 is 2.05 bits per heavy atom. The predicted octanol–water partition coefficient (Wildman–Crippen LogP) is 1.56. The van der Waals surface area contributed by atoms with Crippen molar-refractivity contribution in [2.24, 2.45) is 7.05 Å². The van der Waals surface area contributed by atoms with Crippen LogP contribution in [0.4, 0.5) is 0 Å². The lowest BCUT2D eigenvalue weighted by molar-refractivity contribution is -0.130. The van der Waals surface area contributed by atoms with Crippen LogP contribution in [-0.2, 0) is 11.8 Å². The molecule has 6 heteroatoms. The van der Waals surface area contributed by atoms with Crippen molar-refractivity contribution in [3.05, 3.63) is 17.0 Å². The molecule has 2 heterocycles. The van der Waals surface area contributed by atoms with Gasteiger partial charge in [-0.3, -0.25) is 14.3 Å². The van der Waals surface area contributed by atoms with Crippen LogP contribution in [-0.4, -0.2) is 46.1 Å². The summed E-state index contributed by atoms with van der Waals surface area (Å²) < 4.78 is 1.72. The van der Waals surface area contributed by atoms with Gasteiger partial charge in [-0.05, 0) is 33.1 Å². The Morgan fingerprint density at radius 3 is 2.73 bits per heavy atom. The molecule has 22 heavy (non-hydrogen) atoms. The van der Waals surface area contributed by atoms with Crippen molar-refractivity contribution < 1.29 is 9.59 Å². The van der Waals surface area contributed by atoms with Gasteiger partial charge < -0.3 is 10.2 Å². The van der Waals surface area contributed by atoms with Crippen molar-refractivity contribution in [1.82, 2.24) is 20.0 Å². The van der Waals surface area contributed by atoms with E-state index in [9.17, 15) is 9.59 Å². The number of nitrogens with one attached hydrogen (secondary N) is 1. The van der Waals surface area contributed by atoms with E-state index in [1.54, 1.807) is 4.68 Å². The molecular formula is C16H26N4O2. The largest absolute Gasteiger partial charge is 0.352 e. The lowest BCUT2D eigenvalue weighted by atomic mass is 10.2. The van der Waals surface area contributed by atoms with Gasteiger partial charge >= 0.3 is 0 Å². The summed E-state index contributed by atoms with van der Waals surface area (Å²) in [5.41, 5.74) is 2.28. The first-order valence-electron chi connectivity index (χ1n) is 8.07. The minimum Gasteiger partial charge on any atom is -0.352 e. The van der Waals surface area contributed by atoms with Crippen molar-refractivity contribution in [3.8, 4) is 0 Å². The molecule has 0 atom stereocenters. The Balaban J connectivity index is 1.78. The predicted molar refractivity (Wildman–Crippen MR) is 84.7 cm³/mol. The van der Waals surface area contributed by atoms with Gasteiger partial charge in [0.1, 0.15) is 0 Å². The number of rotatable bonds is 5. The number of nitrogens with zero attached hydrogens (tertiary/aromatic N) is 3. The molecule has 0 saturated carbocycles. The van der Waals surface area contributed by atoms with E-state index in [4.69, 9.17) is 0 Å². The van der Waals surface area contributed by atoms with Crippen LogP contribution in [0.15, 0.2) is 0 Å². The molecular weight excluding hydrogens is 280 g/mol. The molecule has 1 N–H and O–H groups in total. The normalized spacial score (nSPS) is 15.8. The van der Waals surface area contributed by atoms with E-state index in [-0.39, 0.29) is 11.8 Å². The fraction of sp³-hybridized carbons (Fsp3) is 0.688. The molecule has 1 saturated heterocycles. The molecule has 2 rings (SSSR count). The number of carbonyl (C=O) groups is 2. The van der Waals surface area contributed by atoms with Gasteiger partial charge in [-0.1, -0.05) is 6.42 Å². The van der Waals surface area contributed by atoms with E-state index >= 15 is 0 Å². The summed E-state index contributed by atoms with van der Waals surface area (Å²) in [4.78, 5) is 26.0. The number of aromatic nitrogens is 2. The number of amides is 2. The highest BCUT2D eigenvalue weighted by molar-refractivity contribution is 5.96. The number of carbonyl (C=O) groups excluding carboxylic acids is 2. The Hall–Kier alpha value is -1.85. The number of hydrogen-bond donors (Lipinski definition) is 1. The van der Waals surface area contributed by atoms with Gasteiger partial charge in [-0.25, -0.2) is 0 Å². The van der Waals surface area contributed by atoms with Gasteiger partial charge in [-0.2, -0.15) is 5.10 Å². The summed E-state index contributed by atoms with van der Waals surface area (Å²) in [6, 6.07) is 0. The molecule has 0 radical (unpaired) electrons. The smallest absolute Gasteiger partial charge is 0.255 e. The average Bonchev–Trinajstić information content (AvgIpc) is 2.63. The van der Waals surface area contributed by atoms with Crippen LogP contribution in [0.5, 0.6) is 0 Å². The van der Waals surface area contributed by atoms with Crippen LogP contribution in [0.3, 0.4) is 0 Å². The number of aryl methyl sites for hydroxylation is 2. The van der Waals surface area contributed by atoms with E-state index in [2.05, 4.69) is 10.4 Å². The van der Waals surface area contributed by atoms with Crippen LogP contribution in [0, 0.1) is 13.8 Å². The van der Waals surface area contributed by atoms with E-state index in [1.165, 1.54) is 0 Å². The molecule has 0 bridgehead atoms. The molecule has 0 spiro atoms. The van der Waals surface area contributed by atoms with E-state index in [1.807, 2.05) is 25.8 Å². The van der Waals surface area contributed by atoms with Gasteiger partial charge in [-0.15, -0.1) is 0 Å². The van der Waals surface area contributed by atoms with Crippen molar-refractivity contribution in [1.29, 1.82) is 0 Å². The molecule has 0 aromatic carbocycles. The Labute approximate surface area is 131 Å². The van der Waals surface area contributed by atoms with Gasteiger partial charge in [0, 0.05) is 38.8 Å². The second-order valence-corrected chi connectivity index (χ2v) is 5.97. The fourth-order valence-electron chi connectivity index (χ4n) is 2.94. The topological polar surface area (TPSA) is 67.2 Å². The lowest BCUT2D eigenvalue weighted by Gasteiger charge is -2.20. The zero-order valence-corrected chi connectivity index (χ0v) is 13.8. The first-order valence-corrected chi connectivity index (χ1v) is 8.07. The third kappa shape index (κ3) is 3.87. The first kappa shape index (κ1) is 16.5. The quantitative estimate of drug-likeness (QED) is 0.840. The summed E-state index contributed by atoms with van der Waals surface area (Å²) in [7, 11) is 1.84. The average molecular weight is 306 g/mol. The minimum absolute atomic E-state index is 0.0784. The van der Waals surface area contributed by atoms with Crippen molar-refractivity contribution in [2.45, 2.75) is 46.0 Å². The summed E-state index contributed by atoms with van der Waals surface area (Å²) in [5, 5.41) is 7.19. The third-order valence-electron chi connectivity index (χ3n) is 4.30. The minimum atomic E-state index is -0.0784. The molecule has 1 fully saturated rings. The maximum absolute atomic E-state index is 12.2. The SMILES string of the molecule is Cc1nn(C)c(C)c1C(=O)NCCCN1CCCCCC1=O. The highest BCUT2D eigenvalue weighted by atomic mass is 16.2. The second-order valence-electron chi connectivity index (χ2n) is 5.97. The van der Waals surface area contributed by atoms with Crippen LogP contribution in [0.2, 0.25) is 0 Å². The van der Waals surface area contributed by atoms with Gasteiger partial charge in [0.05, 0.1) is 11.3 Å². The first-order chi connectivity index (χ1) is 10.5. The van der Waals surface area contributed by atoms with Crippen molar-refractivity contribution >= 4 is 11.8 Å².